The van der Waals surface area contributed by atoms with Crippen LogP contribution in [0.4, 0.5) is 5.69 Å². The molecule has 1 atom stereocenters. The first-order chi connectivity index (χ1) is 19.8. The van der Waals surface area contributed by atoms with Crippen LogP contribution in [-0.4, -0.2) is 64.2 Å². The fourth-order valence-electron chi connectivity index (χ4n) is 4.37. The number of ether oxygens (including phenoxy) is 2. The predicted octanol–water partition coefficient (Wildman–Crippen LogP) is 4.94. The highest BCUT2D eigenvalue weighted by Crippen LogP contribution is 2.34. The first-order valence-corrected chi connectivity index (χ1v) is 15.7. The molecule has 1 N–H and O–H groups in total. The highest BCUT2D eigenvalue weighted by molar-refractivity contribution is 7.92. The van der Waals surface area contributed by atoms with E-state index in [2.05, 4.69) is 5.32 Å². The van der Waals surface area contributed by atoms with Crippen LogP contribution in [0, 0.1) is 0 Å². The third-order valence-corrected chi connectivity index (χ3v) is 8.26. The van der Waals surface area contributed by atoms with E-state index in [1.54, 1.807) is 24.3 Å². The van der Waals surface area contributed by atoms with Gasteiger partial charge in [-0.1, -0.05) is 59.6 Å². The van der Waals surface area contributed by atoms with E-state index in [-0.39, 0.29) is 30.4 Å². The van der Waals surface area contributed by atoms with Crippen molar-refractivity contribution < 1.29 is 27.5 Å². The van der Waals surface area contributed by atoms with Crippen molar-refractivity contribution in [3.8, 4) is 11.5 Å². The van der Waals surface area contributed by atoms with Crippen LogP contribution in [0.25, 0.3) is 0 Å². The Bertz CT molecular complexity index is 1480. The van der Waals surface area contributed by atoms with Crippen LogP contribution in [0.5, 0.6) is 11.5 Å². The molecule has 0 spiro atoms. The molecule has 3 aromatic carbocycles. The molecule has 12 heteroatoms. The lowest BCUT2D eigenvalue weighted by Crippen LogP contribution is -2.54. The average Bonchev–Trinajstić information content (AvgIpc) is 2.94. The lowest BCUT2D eigenvalue weighted by molar-refractivity contribution is -0.140. The van der Waals surface area contributed by atoms with E-state index in [9.17, 15) is 18.0 Å². The summed E-state index contributed by atoms with van der Waals surface area (Å²) in [6, 6.07) is 17.5. The summed E-state index contributed by atoms with van der Waals surface area (Å²) < 4.78 is 37.7. The monoisotopic (exact) mass is 635 g/mol. The molecular weight excluding hydrogens is 601 g/mol. The van der Waals surface area contributed by atoms with Gasteiger partial charge in [0.2, 0.25) is 21.8 Å². The Morgan fingerprint density at radius 3 is 2.12 bits per heavy atom. The summed E-state index contributed by atoms with van der Waals surface area (Å²) in [5.41, 5.74) is 1.37. The summed E-state index contributed by atoms with van der Waals surface area (Å²) in [5.74, 6) is -0.419. The van der Waals surface area contributed by atoms with Crippen molar-refractivity contribution >= 4 is 50.7 Å². The summed E-state index contributed by atoms with van der Waals surface area (Å²) in [6.07, 6.45) is 1.16. The first kappa shape index (κ1) is 33.0. The van der Waals surface area contributed by atoms with Gasteiger partial charge in [0.15, 0.2) is 0 Å². The number of nitrogens with one attached hydrogen (secondary N) is 1. The minimum atomic E-state index is -4.00. The first-order valence-electron chi connectivity index (χ1n) is 13.1. The third kappa shape index (κ3) is 8.53. The van der Waals surface area contributed by atoms with Gasteiger partial charge in [0, 0.05) is 40.7 Å². The van der Waals surface area contributed by atoms with E-state index in [0.29, 0.717) is 21.4 Å². The topological polar surface area (TPSA) is 105 Å². The van der Waals surface area contributed by atoms with Gasteiger partial charge in [-0.25, -0.2) is 8.42 Å². The van der Waals surface area contributed by atoms with E-state index >= 15 is 0 Å². The summed E-state index contributed by atoms with van der Waals surface area (Å²) in [5, 5.41) is 3.51. The van der Waals surface area contributed by atoms with E-state index in [1.807, 2.05) is 44.2 Å². The smallest absolute Gasteiger partial charge is 0.244 e. The summed E-state index contributed by atoms with van der Waals surface area (Å²) in [6.45, 7) is 2.87. The van der Waals surface area contributed by atoms with E-state index < -0.39 is 34.4 Å². The molecule has 0 saturated heterocycles. The lowest BCUT2D eigenvalue weighted by Gasteiger charge is -2.34. The van der Waals surface area contributed by atoms with Crippen LogP contribution in [0.1, 0.15) is 25.0 Å². The highest BCUT2D eigenvalue weighted by Gasteiger charge is 2.34. The van der Waals surface area contributed by atoms with Crippen LogP contribution in [0.2, 0.25) is 10.0 Å². The lowest BCUT2D eigenvalue weighted by atomic mass is 10.0. The summed E-state index contributed by atoms with van der Waals surface area (Å²) in [7, 11) is -1.14. The SMILES string of the molecule is COc1ccc(N(CC(=O)N(Cc2c(Cl)cccc2Cl)[C@@H](Cc2ccccc2)C(=O)NC(C)C)S(C)(=O)=O)c(OC)c1. The summed E-state index contributed by atoms with van der Waals surface area (Å²) in [4.78, 5) is 29.2. The maximum absolute atomic E-state index is 14.2. The maximum Gasteiger partial charge on any atom is 0.244 e. The molecule has 0 saturated carbocycles. The number of carbonyl (C=O) groups is 2. The fraction of sp³-hybridized carbons (Fsp3) is 0.333. The molecule has 9 nitrogen and oxygen atoms in total. The maximum atomic E-state index is 14.2. The normalized spacial score (nSPS) is 12.0. The van der Waals surface area contributed by atoms with Crippen molar-refractivity contribution in [2.45, 2.75) is 38.9 Å². The highest BCUT2D eigenvalue weighted by atomic mass is 35.5. The van der Waals surface area contributed by atoms with Crippen molar-refractivity contribution in [1.82, 2.24) is 10.2 Å². The molecule has 0 aliphatic carbocycles. The van der Waals surface area contributed by atoms with Gasteiger partial charge in [-0.15, -0.1) is 0 Å². The number of carbonyl (C=O) groups excluding carboxylic acids is 2. The zero-order chi connectivity index (χ0) is 31.0. The molecule has 3 rings (SSSR count). The molecule has 3 aromatic rings. The number of amides is 2. The Balaban J connectivity index is 2.14. The minimum Gasteiger partial charge on any atom is -0.497 e. The van der Waals surface area contributed by atoms with Crippen molar-refractivity contribution in [2.24, 2.45) is 0 Å². The van der Waals surface area contributed by atoms with Crippen molar-refractivity contribution in [2.75, 3.05) is 31.3 Å². The fourth-order valence-corrected chi connectivity index (χ4v) is 5.74. The molecular formula is C30H35Cl2N3O6S. The second-order valence-corrected chi connectivity index (χ2v) is 12.6. The van der Waals surface area contributed by atoms with Crippen LogP contribution in [0.15, 0.2) is 66.7 Å². The molecule has 42 heavy (non-hydrogen) atoms. The molecule has 0 bridgehead atoms. The van der Waals surface area contributed by atoms with Gasteiger partial charge in [-0.2, -0.15) is 0 Å². The van der Waals surface area contributed by atoms with Gasteiger partial charge < -0.3 is 19.7 Å². The molecule has 0 aliphatic rings. The quantitative estimate of drug-likeness (QED) is 0.285. The van der Waals surface area contributed by atoms with Gasteiger partial charge >= 0.3 is 0 Å². The van der Waals surface area contributed by atoms with E-state index in [4.69, 9.17) is 32.7 Å². The van der Waals surface area contributed by atoms with Crippen LogP contribution < -0.4 is 19.1 Å². The van der Waals surface area contributed by atoms with Gasteiger partial charge in [-0.05, 0) is 43.7 Å². The summed E-state index contributed by atoms with van der Waals surface area (Å²) >= 11 is 13.0. The van der Waals surface area contributed by atoms with E-state index in [1.165, 1.54) is 31.3 Å². The number of methoxy groups -OCH3 is 2. The van der Waals surface area contributed by atoms with Crippen LogP contribution in [0.3, 0.4) is 0 Å². The van der Waals surface area contributed by atoms with Gasteiger partial charge in [0.05, 0.1) is 26.2 Å². The second kappa shape index (κ2) is 14.6. The Hall–Kier alpha value is -3.47. The van der Waals surface area contributed by atoms with Crippen molar-refractivity contribution in [3.63, 3.8) is 0 Å². The molecule has 0 aromatic heterocycles. The molecule has 0 aliphatic heterocycles. The molecule has 0 radical (unpaired) electrons. The number of sulfonamides is 1. The number of halogens is 2. The third-order valence-electron chi connectivity index (χ3n) is 6.43. The van der Waals surface area contributed by atoms with Crippen LogP contribution >= 0.6 is 23.2 Å². The number of hydrogen-bond acceptors (Lipinski definition) is 6. The zero-order valence-electron chi connectivity index (χ0n) is 24.1. The molecule has 0 unspecified atom stereocenters. The van der Waals surface area contributed by atoms with Gasteiger partial charge in [0.25, 0.3) is 0 Å². The zero-order valence-corrected chi connectivity index (χ0v) is 26.5. The number of anilines is 1. The molecule has 226 valence electrons. The van der Waals surface area contributed by atoms with Crippen molar-refractivity contribution in [1.29, 1.82) is 0 Å². The van der Waals surface area contributed by atoms with Gasteiger partial charge in [-0.3, -0.25) is 13.9 Å². The largest absolute Gasteiger partial charge is 0.497 e. The Morgan fingerprint density at radius 1 is 0.929 bits per heavy atom. The molecule has 0 fully saturated rings. The van der Waals surface area contributed by atoms with E-state index in [0.717, 1.165) is 16.1 Å². The molecule has 2 amide bonds. The van der Waals surface area contributed by atoms with Crippen LogP contribution in [-0.2, 0) is 32.6 Å². The number of benzene rings is 3. The minimum absolute atomic E-state index is 0.135. The Morgan fingerprint density at radius 2 is 1.57 bits per heavy atom. The Kier molecular flexibility index (Phi) is 11.5. The number of rotatable bonds is 13. The van der Waals surface area contributed by atoms with Gasteiger partial charge in [0.1, 0.15) is 24.1 Å². The average molecular weight is 637 g/mol. The molecule has 0 heterocycles. The predicted molar refractivity (Wildman–Crippen MR) is 166 cm³/mol. The number of hydrogen-bond donors (Lipinski definition) is 1. The number of nitrogens with zero attached hydrogens (tertiary/aromatic N) is 2. The Labute approximate surface area is 257 Å². The second-order valence-electron chi connectivity index (χ2n) is 9.90. The standard InChI is InChI=1S/C30H35Cl2N3O6S/c1-20(2)33-30(37)27(16-21-10-7-6-8-11-21)34(18-23-24(31)12-9-13-25(23)32)29(36)19-35(42(5,38)39)26-15-14-22(40-3)17-28(26)41-4/h6-15,17,20,27H,16,18-19H2,1-5H3,(H,33,37)/t27-/m0/s1. The van der Waals surface area contributed by atoms with Crippen molar-refractivity contribution in [3.05, 3.63) is 87.9 Å².